The molecule has 1 aromatic heterocycles. The Balaban J connectivity index is 3.33. The Morgan fingerprint density at radius 3 is 2.38 bits per heavy atom. The molecule has 7 heteroatoms. The van der Waals surface area contributed by atoms with Crippen LogP contribution in [0.25, 0.3) is 5.57 Å². The van der Waals surface area contributed by atoms with E-state index in [2.05, 4.69) is 57.1 Å². The molecular formula is C30H49N3O4. The van der Waals surface area contributed by atoms with E-state index in [1.165, 1.54) is 38.3 Å². The highest BCUT2D eigenvalue weighted by atomic mass is 16.5. The topological polar surface area (TPSA) is 104 Å². The third-order valence-corrected chi connectivity index (χ3v) is 6.54. The molecule has 0 aliphatic rings. The van der Waals surface area contributed by atoms with Crippen LogP contribution in [0, 0.1) is 11.8 Å². The number of nitrogens with one attached hydrogen (secondary N) is 2. The van der Waals surface area contributed by atoms with E-state index in [-0.39, 0.29) is 12.5 Å². The molecule has 0 aromatic carbocycles. The van der Waals surface area contributed by atoms with Crippen molar-refractivity contribution in [1.82, 2.24) is 15.2 Å². The standard InChI is InChI=1S/C30H49N3O4/c1-7-9-11-12-14-23(5)18-25(22(3)4)19-24(15-16-32-29(35)28(34)31-6)26-20-33(17-13-10-8-2)21-27(26)30(36)37/h8,18-22,25,30,36-37H,2,7,9-17H2,1,3-6H3,(H,31,34)(H,32,35)/b23-18+,24-19-. The average Bonchev–Trinajstić information content (AvgIpc) is 3.29. The molecule has 7 nitrogen and oxygen atoms in total. The van der Waals surface area contributed by atoms with Gasteiger partial charge in [0.1, 0.15) is 0 Å². The van der Waals surface area contributed by atoms with Crippen LogP contribution in [0.4, 0.5) is 0 Å². The number of aliphatic hydroxyl groups is 2. The summed E-state index contributed by atoms with van der Waals surface area (Å²) in [7, 11) is 1.42. The molecular weight excluding hydrogens is 466 g/mol. The van der Waals surface area contributed by atoms with Gasteiger partial charge in [-0.25, -0.2) is 0 Å². The summed E-state index contributed by atoms with van der Waals surface area (Å²) in [5.41, 5.74) is 3.45. The highest BCUT2D eigenvalue weighted by molar-refractivity contribution is 6.35. The first-order chi connectivity index (χ1) is 17.6. The number of carbonyl (C=O) groups is 2. The van der Waals surface area contributed by atoms with Crippen LogP contribution in [0.2, 0.25) is 0 Å². The molecule has 0 saturated carbocycles. The predicted molar refractivity (Wildman–Crippen MR) is 152 cm³/mol. The lowest BCUT2D eigenvalue weighted by atomic mass is 9.88. The Kier molecular flexibility index (Phi) is 15.5. The molecule has 1 unspecified atom stereocenters. The number of carbonyl (C=O) groups excluding carboxylic acids is 2. The predicted octanol–water partition coefficient (Wildman–Crippen LogP) is 5.26. The van der Waals surface area contributed by atoms with Gasteiger partial charge in [-0.2, -0.15) is 0 Å². The zero-order valence-electron chi connectivity index (χ0n) is 23.6. The maximum atomic E-state index is 12.0. The first-order valence-corrected chi connectivity index (χ1v) is 13.7. The summed E-state index contributed by atoms with van der Waals surface area (Å²) >= 11 is 0. The monoisotopic (exact) mass is 515 g/mol. The van der Waals surface area contributed by atoms with Crippen LogP contribution < -0.4 is 10.6 Å². The Bertz CT molecular complexity index is 912. The minimum absolute atomic E-state index is 0.142. The maximum Gasteiger partial charge on any atom is 0.309 e. The molecule has 1 heterocycles. The molecule has 1 rings (SSSR count). The number of aliphatic hydroxyl groups excluding tert-OH is 1. The Morgan fingerprint density at radius 1 is 1.05 bits per heavy atom. The molecule has 37 heavy (non-hydrogen) atoms. The van der Waals surface area contributed by atoms with E-state index in [9.17, 15) is 19.8 Å². The van der Waals surface area contributed by atoms with Crippen molar-refractivity contribution in [3.63, 3.8) is 0 Å². The number of aryl methyl sites for hydroxylation is 1. The summed E-state index contributed by atoms with van der Waals surface area (Å²) in [6.45, 7) is 13.5. The molecule has 1 atom stereocenters. The Hall–Kier alpha value is -2.64. The molecule has 0 spiro atoms. The highest BCUT2D eigenvalue weighted by Gasteiger charge is 2.19. The fourth-order valence-corrected chi connectivity index (χ4v) is 4.27. The fraction of sp³-hybridized carbons (Fsp3) is 0.600. The van der Waals surface area contributed by atoms with Crippen molar-refractivity contribution in [2.24, 2.45) is 11.8 Å². The second-order valence-corrected chi connectivity index (χ2v) is 10.1. The van der Waals surface area contributed by atoms with E-state index in [0.717, 1.165) is 36.9 Å². The number of hydrogen-bond acceptors (Lipinski definition) is 4. The lowest BCUT2D eigenvalue weighted by Gasteiger charge is -2.19. The number of aromatic nitrogens is 1. The van der Waals surface area contributed by atoms with Crippen molar-refractivity contribution in [2.75, 3.05) is 13.6 Å². The van der Waals surface area contributed by atoms with Crippen LogP contribution in [-0.2, 0) is 16.1 Å². The summed E-state index contributed by atoms with van der Waals surface area (Å²) in [4.78, 5) is 23.6. The number of allylic oxidation sites excluding steroid dienone is 4. The van der Waals surface area contributed by atoms with E-state index < -0.39 is 18.1 Å². The van der Waals surface area contributed by atoms with Crippen molar-refractivity contribution in [3.8, 4) is 0 Å². The number of likely N-dealkylation sites (N-methyl/N-ethyl adjacent to an activating group) is 1. The van der Waals surface area contributed by atoms with Crippen LogP contribution in [-0.4, -0.2) is 40.2 Å². The first kappa shape index (κ1) is 32.4. The molecule has 0 saturated heterocycles. The van der Waals surface area contributed by atoms with Crippen LogP contribution in [0.1, 0.15) is 96.5 Å². The molecule has 0 radical (unpaired) electrons. The van der Waals surface area contributed by atoms with E-state index in [4.69, 9.17) is 0 Å². The van der Waals surface area contributed by atoms with Crippen LogP contribution in [0.5, 0.6) is 0 Å². The molecule has 0 aliphatic carbocycles. The fourth-order valence-electron chi connectivity index (χ4n) is 4.27. The van der Waals surface area contributed by atoms with Gasteiger partial charge in [-0.1, -0.05) is 63.8 Å². The number of amides is 2. The molecule has 0 aliphatic heterocycles. The van der Waals surface area contributed by atoms with E-state index >= 15 is 0 Å². The summed E-state index contributed by atoms with van der Waals surface area (Å²) < 4.78 is 1.98. The Morgan fingerprint density at radius 2 is 1.78 bits per heavy atom. The van der Waals surface area contributed by atoms with E-state index in [1.807, 2.05) is 16.8 Å². The third kappa shape index (κ3) is 12.0. The van der Waals surface area contributed by atoms with Gasteiger partial charge >= 0.3 is 11.8 Å². The number of unbranched alkanes of at least 4 members (excludes halogenated alkanes) is 4. The number of hydrogen-bond donors (Lipinski definition) is 4. The summed E-state index contributed by atoms with van der Waals surface area (Å²) in [6.07, 6.45) is 16.6. The van der Waals surface area contributed by atoms with Gasteiger partial charge in [0.15, 0.2) is 6.29 Å². The minimum Gasteiger partial charge on any atom is -0.364 e. The van der Waals surface area contributed by atoms with Gasteiger partial charge in [0, 0.05) is 43.7 Å². The molecule has 0 bridgehead atoms. The molecule has 4 N–H and O–H groups in total. The second kappa shape index (κ2) is 17.8. The number of rotatable bonds is 17. The summed E-state index contributed by atoms with van der Waals surface area (Å²) in [5.74, 6) is -0.900. The second-order valence-electron chi connectivity index (χ2n) is 10.1. The molecule has 0 fully saturated rings. The largest absolute Gasteiger partial charge is 0.364 e. The Labute approximate surface area is 223 Å². The lowest BCUT2D eigenvalue weighted by Crippen LogP contribution is -2.38. The molecule has 208 valence electrons. The van der Waals surface area contributed by atoms with Crippen LogP contribution in [0.15, 0.2) is 42.8 Å². The smallest absolute Gasteiger partial charge is 0.309 e. The summed E-state index contributed by atoms with van der Waals surface area (Å²) in [6, 6.07) is 0. The van der Waals surface area contributed by atoms with Crippen LogP contribution >= 0.6 is 0 Å². The van der Waals surface area contributed by atoms with Crippen molar-refractivity contribution >= 4 is 17.4 Å². The SMILES string of the molecule is C=CCCCn1cc(/C(=C\C(/C=C(\C)CCCCCC)C(C)C)CCNC(=O)C(=O)NC)c(C(O)O)c1. The third-order valence-electron chi connectivity index (χ3n) is 6.54. The van der Waals surface area contributed by atoms with Crippen molar-refractivity contribution < 1.29 is 19.8 Å². The quantitative estimate of drug-likeness (QED) is 0.0983. The van der Waals surface area contributed by atoms with Gasteiger partial charge in [0.2, 0.25) is 0 Å². The zero-order chi connectivity index (χ0) is 27.8. The zero-order valence-corrected chi connectivity index (χ0v) is 23.6. The van der Waals surface area contributed by atoms with Crippen molar-refractivity contribution in [2.45, 2.75) is 91.9 Å². The van der Waals surface area contributed by atoms with Crippen molar-refractivity contribution in [3.05, 3.63) is 53.9 Å². The first-order valence-electron chi connectivity index (χ1n) is 13.7. The summed E-state index contributed by atoms with van der Waals surface area (Å²) in [5, 5.41) is 25.3. The molecule has 1 aromatic rings. The number of nitrogens with zero attached hydrogens (tertiary/aromatic N) is 1. The minimum atomic E-state index is -1.62. The van der Waals surface area contributed by atoms with Crippen molar-refractivity contribution in [1.29, 1.82) is 0 Å². The van der Waals surface area contributed by atoms with E-state index in [1.54, 1.807) is 6.20 Å². The van der Waals surface area contributed by atoms with Crippen LogP contribution in [0.3, 0.4) is 0 Å². The van der Waals surface area contributed by atoms with Gasteiger partial charge < -0.3 is 25.4 Å². The van der Waals surface area contributed by atoms with Gasteiger partial charge in [-0.15, -0.1) is 6.58 Å². The molecule has 2 amide bonds. The van der Waals surface area contributed by atoms with Gasteiger partial charge in [-0.3, -0.25) is 9.59 Å². The highest BCUT2D eigenvalue weighted by Crippen LogP contribution is 2.31. The maximum absolute atomic E-state index is 12.0. The van der Waals surface area contributed by atoms with E-state index in [0.29, 0.717) is 17.9 Å². The van der Waals surface area contributed by atoms with Gasteiger partial charge in [0.05, 0.1) is 0 Å². The average molecular weight is 516 g/mol. The van der Waals surface area contributed by atoms with Gasteiger partial charge in [-0.05, 0) is 56.4 Å². The lowest BCUT2D eigenvalue weighted by molar-refractivity contribution is -0.138. The van der Waals surface area contributed by atoms with Gasteiger partial charge in [0.25, 0.3) is 0 Å². The normalized spacial score (nSPS) is 13.2.